The summed E-state index contributed by atoms with van der Waals surface area (Å²) in [6.07, 6.45) is -0.544. The second-order valence-corrected chi connectivity index (χ2v) is 4.51. The van der Waals surface area contributed by atoms with Gasteiger partial charge in [0.05, 0.1) is 0 Å². The third kappa shape index (κ3) is 2.51. The first kappa shape index (κ1) is 12.8. The predicted octanol–water partition coefficient (Wildman–Crippen LogP) is -3.42. The van der Waals surface area contributed by atoms with Crippen LogP contribution in [0.1, 0.15) is 11.1 Å². The molecule has 11 nitrogen and oxygen atoms in total. The lowest BCUT2D eigenvalue weighted by Gasteiger charge is -2.06. The van der Waals surface area contributed by atoms with Crippen LogP contribution in [0.2, 0.25) is 0 Å². The zero-order valence-corrected chi connectivity index (χ0v) is 10.9. The Bertz CT molecular complexity index is 533. The van der Waals surface area contributed by atoms with Crippen molar-refractivity contribution in [2.45, 2.75) is 12.6 Å². The van der Waals surface area contributed by atoms with E-state index in [0.29, 0.717) is 0 Å². The number of benzene rings is 1. The highest BCUT2D eigenvalue weighted by atomic mass is 15.8. The van der Waals surface area contributed by atoms with Crippen LogP contribution in [0.4, 0.5) is 0 Å². The van der Waals surface area contributed by atoms with Gasteiger partial charge in [-0.15, -0.1) is 0 Å². The van der Waals surface area contributed by atoms with Crippen molar-refractivity contribution in [2.24, 2.45) is 9.98 Å². The summed E-state index contributed by atoms with van der Waals surface area (Å²) in [5, 5.41) is 3.24. The van der Waals surface area contributed by atoms with Gasteiger partial charge >= 0.3 is 0 Å². The number of fused-ring (bicyclic) bond motifs is 1. The first-order chi connectivity index (χ1) is 10.4. The molecule has 2 saturated heterocycles. The Balaban J connectivity index is 1.66. The van der Waals surface area contributed by atoms with Crippen LogP contribution in [0, 0.1) is 0 Å². The number of hydrogen-bond acceptors (Lipinski definition) is 10. The molecule has 0 saturated carbocycles. The highest BCUT2D eigenvalue weighted by Crippen LogP contribution is 2.17. The number of nitrogens with one attached hydrogen (secondary N) is 9. The Morgan fingerprint density at radius 1 is 0.667 bits per heavy atom. The molecular formula is C10H15N11. The van der Waals surface area contributed by atoms with Gasteiger partial charge in [0, 0.05) is 11.1 Å². The maximum atomic E-state index is 4.55. The average Bonchev–Trinajstić information content (AvgIpc) is 3.23. The van der Waals surface area contributed by atoms with Gasteiger partial charge in [-0.2, -0.15) is 22.1 Å². The molecule has 11 heteroatoms. The fourth-order valence-corrected chi connectivity index (χ4v) is 2.22. The predicted molar refractivity (Wildman–Crippen MR) is 75.3 cm³/mol. The molecule has 3 aliphatic heterocycles. The maximum absolute atomic E-state index is 4.55. The van der Waals surface area contributed by atoms with E-state index in [4.69, 9.17) is 0 Å². The van der Waals surface area contributed by atoms with Crippen LogP contribution in [0.25, 0.3) is 0 Å². The van der Waals surface area contributed by atoms with Gasteiger partial charge in [-0.25, -0.2) is 31.7 Å². The lowest BCUT2D eigenvalue weighted by Crippen LogP contribution is -2.37. The van der Waals surface area contributed by atoms with Crippen molar-refractivity contribution in [1.82, 2.24) is 49.2 Å². The summed E-state index contributed by atoms with van der Waals surface area (Å²) < 4.78 is 0. The van der Waals surface area contributed by atoms with Crippen molar-refractivity contribution in [3.8, 4) is 0 Å². The van der Waals surface area contributed by atoms with E-state index >= 15 is 0 Å². The fraction of sp³-hybridized carbons (Fsp3) is 0.200. The highest BCUT2D eigenvalue weighted by molar-refractivity contribution is 6.25. The van der Waals surface area contributed by atoms with Gasteiger partial charge in [-0.05, 0) is 0 Å². The number of amidine groups is 2. The molecule has 0 aliphatic carbocycles. The molecule has 1 aromatic rings. The first-order valence-corrected chi connectivity index (χ1v) is 6.45. The van der Waals surface area contributed by atoms with Gasteiger partial charge in [0.2, 0.25) is 0 Å². The molecule has 0 amide bonds. The van der Waals surface area contributed by atoms with Crippen LogP contribution in [0.5, 0.6) is 0 Å². The van der Waals surface area contributed by atoms with E-state index in [0.717, 1.165) is 22.8 Å². The second kappa shape index (κ2) is 5.44. The molecule has 2 fully saturated rings. The van der Waals surface area contributed by atoms with Crippen molar-refractivity contribution in [2.75, 3.05) is 0 Å². The van der Waals surface area contributed by atoms with Gasteiger partial charge in [0.15, 0.2) is 12.6 Å². The van der Waals surface area contributed by atoms with E-state index in [1.807, 2.05) is 24.3 Å². The molecule has 3 aliphatic rings. The number of nitrogens with zero attached hydrogens (tertiary/aromatic N) is 2. The quantitative estimate of drug-likeness (QED) is 0.273. The summed E-state index contributed by atoms with van der Waals surface area (Å²) in [6, 6.07) is 7.96. The minimum absolute atomic E-state index is 0.272. The zero-order valence-electron chi connectivity index (χ0n) is 10.9. The summed E-state index contributed by atoms with van der Waals surface area (Å²) in [7, 11) is 0. The van der Waals surface area contributed by atoms with Crippen molar-refractivity contribution >= 4 is 11.7 Å². The van der Waals surface area contributed by atoms with Crippen LogP contribution in [0.3, 0.4) is 0 Å². The number of rotatable bonds is 2. The van der Waals surface area contributed by atoms with Gasteiger partial charge in [-0.1, -0.05) is 24.3 Å². The minimum atomic E-state index is -0.272. The van der Waals surface area contributed by atoms with Crippen LogP contribution in [-0.4, -0.2) is 24.3 Å². The number of hydrazine groups is 6. The average molecular weight is 289 g/mol. The molecule has 4 rings (SSSR count). The lowest BCUT2D eigenvalue weighted by molar-refractivity contribution is 0.546. The molecule has 0 radical (unpaired) electrons. The maximum Gasteiger partial charge on any atom is 0.182 e. The largest absolute Gasteiger partial charge is 0.324 e. The fourth-order valence-electron chi connectivity index (χ4n) is 2.22. The van der Waals surface area contributed by atoms with Crippen LogP contribution >= 0.6 is 0 Å². The molecular weight excluding hydrogens is 274 g/mol. The molecule has 0 spiro atoms. The van der Waals surface area contributed by atoms with Crippen molar-refractivity contribution in [1.29, 1.82) is 0 Å². The van der Waals surface area contributed by atoms with Crippen LogP contribution in [-0.2, 0) is 0 Å². The number of hydrogen-bond donors (Lipinski definition) is 9. The zero-order chi connectivity index (χ0) is 14.1. The molecule has 1 aromatic carbocycles. The third-order valence-electron chi connectivity index (χ3n) is 3.15. The normalized spacial score (nSPS) is 26.7. The SMILES string of the molecule is c1ccc2c(c1)/C(=N/C1NNNN1)N/C2=N/C1NNNN1. The molecule has 3 heterocycles. The van der Waals surface area contributed by atoms with E-state index < -0.39 is 0 Å². The summed E-state index contributed by atoms with van der Waals surface area (Å²) in [6.45, 7) is 0. The second-order valence-electron chi connectivity index (χ2n) is 4.51. The van der Waals surface area contributed by atoms with E-state index in [1.165, 1.54) is 0 Å². The Morgan fingerprint density at radius 2 is 1.10 bits per heavy atom. The minimum Gasteiger partial charge on any atom is -0.324 e. The first-order valence-electron chi connectivity index (χ1n) is 6.45. The standard InChI is InChI=1S/C10H15N11/c1-2-4-6-5(3-1)7(12-9-14-18-19-15-9)11-8(6)13-10-16-20-21-17-10/h1-4,9-10,14-21H,(H,11,12,13). The molecule has 0 bridgehead atoms. The smallest absolute Gasteiger partial charge is 0.182 e. The van der Waals surface area contributed by atoms with Gasteiger partial charge in [0.25, 0.3) is 0 Å². The Morgan fingerprint density at radius 3 is 1.52 bits per heavy atom. The third-order valence-corrected chi connectivity index (χ3v) is 3.15. The monoisotopic (exact) mass is 289 g/mol. The van der Waals surface area contributed by atoms with E-state index in [2.05, 4.69) is 59.1 Å². The Hall–Kier alpha value is -1.96. The van der Waals surface area contributed by atoms with Crippen LogP contribution in [0.15, 0.2) is 34.3 Å². The Labute approximate surface area is 119 Å². The van der Waals surface area contributed by atoms with Crippen molar-refractivity contribution in [3.05, 3.63) is 35.4 Å². The number of aliphatic imine (C=N–C) groups is 2. The van der Waals surface area contributed by atoms with Crippen molar-refractivity contribution < 1.29 is 0 Å². The lowest BCUT2D eigenvalue weighted by atomic mass is 10.1. The Kier molecular flexibility index (Phi) is 3.30. The summed E-state index contributed by atoms with van der Waals surface area (Å²) in [5.74, 6) is 1.50. The summed E-state index contributed by atoms with van der Waals surface area (Å²) >= 11 is 0. The van der Waals surface area contributed by atoms with Gasteiger partial charge in [-0.3, -0.25) is 0 Å². The van der Waals surface area contributed by atoms with E-state index in [-0.39, 0.29) is 12.6 Å². The van der Waals surface area contributed by atoms with Gasteiger partial charge < -0.3 is 5.32 Å². The van der Waals surface area contributed by atoms with E-state index in [1.54, 1.807) is 0 Å². The molecule has 0 aromatic heterocycles. The molecule has 110 valence electrons. The van der Waals surface area contributed by atoms with E-state index in [9.17, 15) is 0 Å². The summed E-state index contributed by atoms with van der Waals surface area (Å²) in [5.41, 5.74) is 24.6. The summed E-state index contributed by atoms with van der Waals surface area (Å²) in [4.78, 5) is 9.09. The highest BCUT2D eigenvalue weighted by Gasteiger charge is 2.26. The molecule has 21 heavy (non-hydrogen) atoms. The molecule has 9 N–H and O–H groups in total. The molecule has 0 atom stereocenters. The van der Waals surface area contributed by atoms with Crippen molar-refractivity contribution in [3.63, 3.8) is 0 Å². The topological polar surface area (TPSA) is 133 Å². The molecule has 0 unspecified atom stereocenters. The van der Waals surface area contributed by atoms with Gasteiger partial charge in [0.1, 0.15) is 11.7 Å². The van der Waals surface area contributed by atoms with Crippen LogP contribution < -0.4 is 49.2 Å².